The number of carboxylic acid groups (broad SMARTS) is 1. The molecule has 6 nitrogen and oxygen atoms in total. The van der Waals surface area contributed by atoms with Gasteiger partial charge in [-0.25, -0.2) is 4.98 Å². The number of anilines is 2. The summed E-state index contributed by atoms with van der Waals surface area (Å²) in [6.45, 7) is 1.35. The first kappa shape index (κ1) is 13.1. The van der Waals surface area contributed by atoms with Crippen LogP contribution in [0.5, 0.6) is 0 Å². The molecular weight excluding hydrogens is 256 g/mol. The first-order valence-corrected chi connectivity index (χ1v) is 7.02. The average Bonchev–Trinajstić information content (AvgIpc) is 2.96. The number of carbonyl (C=O) groups is 1. The van der Waals surface area contributed by atoms with E-state index >= 15 is 0 Å². The van der Waals surface area contributed by atoms with E-state index in [0.29, 0.717) is 12.5 Å². The third-order valence-corrected chi connectivity index (χ3v) is 4.65. The number of rotatable bonds is 3. The molecule has 0 amide bonds. The Morgan fingerprint density at radius 3 is 3.00 bits per heavy atom. The van der Waals surface area contributed by atoms with Gasteiger partial charge in [-0.15, -0.1) is 0 Å². The molecule has 0 unspecified atom stereocenters. The molecule has 1 aromatic rings. The molecule has 20 heavy (non-hydrogen) atoms. The summed E-state index contributed by atoms with van der Waals surface area (Å²) in [5.41, 5.74) is -0.566. The van der Waals surface area contributed by atoms with E-state index in [-0.39, 0.29) is 5.92 Å². The van der Waals surface area contributed by atoms with Crippen LogP contribution < -0.4 is 9.80 Å². The molecule has 3 rings (SSSR count). The zero-order valence-electron chi connectivity index (χ0n) is 11.9. The smallest absolute Gasteiger partial charge is 0.311 e. The summed E-state index contributed by atoms with van der Waals surface area (Å²) in [5, 5.41) is 9.61. The second-order valence-electron chi connectivity index (χ2n) is 6.04. The summed E-state index contributed by atoms with van der Waals surface area (Å²) in [4.78, 5) is 24.4. The van der Waals surface area contributed by atoms with Gasteiger partial charge in [-0.3, -0.25) is 4.79 Å². The molecule has 2 aliphatic rings. The Bertz CT molecular complexity index is 534. The van der Waals surface area contributed by atoms with Crippen molar-refractivity contribution in [1.29, 1.82) is 0 Å². The lowest BCUT2D eigenvalue weighted by molar-refractivity contribution is -0.149. The van der Waals surface area contributed by atoms with Gasteiger partial charge in [0.15, 0.2) is 0 Å². The number of fused-ring (bicyclic) bond motifs is 1. The van der Waals surface area contributed by atoms with Crippen molar-refractivity contribution >= 4 is 17.7 Å². The first-order valence-electron chi connectivity index (χ1n) is 7.02. The maximum Gasteiger partial charge on any atom is 0.311 e. The fourth-order valence-corrected chi connectivity index (χ4v) is 3.54. The average molecular weight is 276 g/mol. The van der Waals surface area contributed by atoms with Crippen LogP contribution in [-0.2, 0) is 4.79 Å². The van der Waals surface area contributed by atoms with Crippen molar-refractivity contribution in [3.63, 3.8) is 0 Å². The molecule has 1 N–H and O–H groups in total. The van der Waals surface area contributed by atoms with Crippen LogP contribution in [0.4, 0.5) is 11.8 Å². The second-order valence-corrected chi connectivity index (χ2v) is 6.04. The van der Waals surface area contributed by atoms with E-state index in [1.54, 1.807) is 6.20 Å². The van der Waals surface area contributed by atoms with E-state index in [4.69, 9.17) is 0 Å². The van der Waals surface area contributed by atoms with Crippen molar-refractivity contribution in [3.8, 4) is 0 Å². The highest BCUT2D eigenvalue weighted by Gasteiger charge is 2.55. The summed E-state index contributed by atoms with van der Waals surface area (Å²) >= 11 is 0. The van der Waals surface area contributed by atoms with Crippen LogP contribution in [0.1, 0.15) is 19.3 Å². The van der Waals surface area contributed by atoms with E-state index in [1.165, 1.54) is 0 Å². The quantitative estimate of drug-likeness (QED) is 0.895. The zero-order chi connectivity index (χ0) is 14.3. The summed E-state index contributed by atoms with van der Waals surface area (Å²) in [7, 11) is 3.80. The Hall–Kier alpha value is -1.85. The number of hydrogen-bond acceptors (Lipinski definition) is 5. The molecule has 0 aromatic carbocycles. The van der Waals surface area contributed by atoms with Crippen LogP contribution in [0.2, 0.25) is 0 Å². The molecule has 1 aliphatic heterocycles. The van der Waals surface area contributed by atoms with Gasteiger partial charge in [0.1, 0.15) is 5.82 Å². The van der Waals surface area contributed by atoms with Crippen LogP contribution in [0, 0.1) is 11.3 Å². The second kappa shape index (κ2) is 4.61. The standard InChI is InChI=1S/C14H20N4O2/c1-17(2)13-15-7-5-11(16-13)18-8-10-4-3-6-14(10,9-18)12(19)20/h5,7,10H,3-4,6,8-9H2,1-2H3,(H,19,20)/t10-,14+/m0/s1. The maximum absolute atomic E-state index is 11.7. The van der Waals surface area contributed by atoms with Gasteiger partial charge in [0.25, 0.3) is 0 Å². The van der Waals surface area contributed by atoms with Crippen LogP contribution >= 0.6 is 0 Å². The van der Waals surface area contributed by atoms with Crippen LogP contribution in [-0.4, -0.2) is 48.2 Å². The molecule has 0 spiro atoms. The highest BCUT2D eigenvalue weighted by Crippen LogP contribution is 2.49. The summed E-state index contributed by atoms with van der Waals surface area (Å²) < 4.78 is 0. The minimum atomic E-state index is -0.649. The molecule has 2 atom stereocenters. The minimum Gasteiger partial charge on any atom is -0.481 e. The molecule has 1 aliphatic carbocycles. The number of nitrogens with zero attached hydrogens (tertiary/aromatic N) is 4. The predicted octanol–water partition coefficient (Wildman–Crippen LogP) is 1.23. The van der Waals surface area contributed by atoms with Gasteiger partial charge in [0.05, 0.1) is 5.41 Å². The number of aromatic nitrogens is 2. The lowest BCUT2D eigenvalue weighted by Crippen LogP contribution is -2.35. The highest BCUT2D eigenvalue weighted by molar-refractivity contribution is 5.77. The first-order chi connectivity index (χ1) is 9.53. The fourth-order valence-electron chi connectivity index (χ4n) is 3.54. The van der Waals surface area contributed by atoms with Crippen molar-refractivity contribution in [2.75, 3.05) is 37.0 Å². The predicted molar refractivity (Wildman–Crippen MR) is 76.0 cm³/mol. The van der Waals surface area contributed by atoms with Crippen LogP contribution in [0.3, 0.4) is 0 Å². The van der Waals surface area contributed by atoms with Gasteiger partial charge in [0, 0.05) is 33.4 Å². The van der Waals surface area contributed by atoms with Crippen molar-refractivity contribution in [2.24, 2.45) is 11.3 Å². The normalized spacial score (nSPS) is 28.5. The van der Waals surface area contributed by atoms with Gasteiger partial charge in [-0.2, -0.15) is 4.98 Å². The molecule has 1 saturated heterocycles. The fraction of sp³-hybridized carbons (Fsp3) is 0.643. The minimum absolute atomic E-state index is 0.248. The Morgan fingerprint density at radius 2 is 2.35 bits per heavy atom. The van der Waals surface area contributed by atoms with Gasteiger partial charge in [-0.05, 0) is 24.8 Å². The largest absolute Gasteiger partial charge is 0.481 e. The van der Waals surface area contributed by atoms with Gasteiger partial charge in [0.2, 0.25) is 5.95 Å². The van der Waals surface area contributed by atoms with E-state index < -0.39 is 11.4 Å². The molecule has 2 heterocycles. The molecule has 2 fully saturated rings. The van der Waals surface area contributed by atoms with E-state index in [2.05, 4.69) is 14.9 Å². The summed E-state index contributed by atoms with van der Waals surface area (Å²) in [5.74, 6) is 1.09. The van der Waals surface area contributed by atoms with E-state index in [9.17, 15) is 9.90 Å². The zero-order valence-corrected chi connectivity index (χ0v) is 11.9. The monoisotopic (exact) mass is 276 g/mol. The lowest BCUT2D eigenvalue weighted by atomic mass is 9.81. The van der Waals surface area contributed by atoms with Crippen LogP contribution in [0.15, 0.2) is 12.3 Å². The topological polar surface area (TPSA) is 69.6 Å². The van der Waals surface area contributed by atoms with E-state index in [1.807, 2.05) is 25.1 Å². The van der Waals surface area contributed by atoms with E-state index in [0.717, 1.165) is 31.6 Å². The Kier molecular flexibility index (Phi) is 3.03. The van der Waals surface area contributed by atoms with Crippen molar-refractivity contribution in [3.05, 3.63) is 12.3 Å². The lowest BCUT2D eigenvalue weighted by Gasteiger charge is -2.24. The van der Waals surface area contributed by atoms with Crippen molar-refractivity contribution < 1.29 is 9.90 Å². The molecule has 0 radical (unpaired) electrons. The van der Waals surface area contributed by atoms with Crippen LogP contribution in [0.25, 0.3) is 0 Å². The van der Waals surface area contributed by atoms with Crippen molar-refractivity contribution in [1.82, 2.24) is 9.97 Å². The third-order valence-electron chi connectivity index (χ3n) is 4.65. The molecule has 1 saturated carbocycles. The number of carboxylic acids is 1. The maximum atomic E-state index is 11.7. The Labute approximate surface area is 118 Å². The molecular formula is C14H20N4O2. The summed E-state index contributed by atoms with van der Waals surface area (Å²) in [6.07, 6.45) is 4.56. The number of hydrogen-bond donors (Lipinski definition) is 1. The molecule has 108 valence electrons. The SMILES string of the molecule is CN(C)c1nccc(N2C[C@@H]3CCC[C@@]3(C(=O)O)C2)n1. The number of aliphatic carboxylic acids is 1. The molecule has 0 bridgehead atoms. The van der Waals surface area contributed by atoms with Gasteiger partial charge < -0.3 is 14.9 Å². The Morgan fingerprint density at radius 1 is 1.55 bits per heavy atom. The van der Waals surface area contributed by atoms with Gasteiger partial charge >= 0.3 is 5.97 Å². The molecule has 6 heteroatoms. The highest BCUT2D eigenvalue weighted by atomic mass is 16.4. The Balaban J connectivity index is 1.87. The third kappa shape index (κ3) is 1.90. The van der Waals surface area contributed by atoms with Gasteiger partial charge in [-0.1, -0.05) is 6.42 Å². The summed E-state index contributed by atoms with van der Waals surface area (Å²) in [6, 6.07) is 1.86. The van der Waals surface area contributed by atoms with Crippen molar-refractivity contribution in [2.45, 2.75) is 19.3 Å². The molecule has 1 aromatic heterocycles.